The lowest BCUT2D eigenvalue weighted by atomic mass is 9.78. The fourth-order valence-corrected chi connectivity index (χ4v) is 2.34. The lowest BCUT2D eigenvalue weighted by Gasteiger charge is -2.30. The average Bonchev–Trinajstić information content (AvgIpc) is 2.26. The van der Waals surface area contributed by atoms with E-state index in [1.54, 1.807) is 6.20 Å². The quantitative estimate of drug-likeness (QED) is 0.793. The van der Waals surface area contributed by atoms with Crippen molar-refractivity contribution in [2.45, 2.75) is 37.7 Å². The highest BCUT2D eigenvalue weighted by atomic mass is 16.3. The van der Waals surface area contributed by atoms with Gasteiger partial charge in [-0.15, -0.1) is 0 Å². The Morgan fingerprint density at radius 1 is 1.50 bits per heavy atom. The molecule has 0 radical (unpaired) electrons. The van der Waals surface area contributed by atoms with Crippen molar-refractivity contribution in [1.29, 1.82) is 0 Å². The SMILES string of the molecule is NCC(c1cccnc1)C(O)CC1CCC1. The Balaban J connectivity index is 1.98. The minimum Gasteiger partial charge on any atom is -0.392 e. The van der Waals surface area contributed by atoms with E-state index < -0.39 is 0 Å². The molecule has 0 amide bonds. The molecule has 1 fully saturated rings. The van der Waals surface area contributed by atoms with E-state index in [9.17, 15) is 5.11 Å². The van der Waals surface area contributed by atoms with Crippen molar-refractivity contribution in [3.05, 3.63) is 30.1 Å². The highest BCUT2D eigenvalue weighted by Crippen LogP contribution is 2.33. The molecule has 1 saturated carbocycles. The van der Waals surface area contributed by atoms with Crippen molar-refractivity contribution in [1.82, 2.24) is 4.98 Å². The summed E-state index contributed by atoms with van der Waals surface area (Å²) in [6.45, 7) is 0.486. The van der Waals surface area contributed by atoms with E-state index in [1.165, 1.54) is 19.3 Å². The van der Waals surface area contributed by atoms with Crippen LogP contribution in [0.3, 0.4) is 0 Å². The van der Waals surface area contributed by atoms with Crippen LogP contribution >= 0.6 is 0 Å². The molecule has 1 heterocycles. The highest BCUT2D eigenvalue weighted by molar-refractivity contribution is 5.16. The predicted molar refractivity (Wildman–Crippen MR) is 64.0 cm³/mol. The summed E-state index contributed by atoms with van der Waals surface area (Å²) in [5, 5.41) is 10.2. The molecule has 3 nitrogen and oxygen atoms in total. The normalized spacial score (nSPS) is 20.1. The van der Waals surface area contributed by atoms with Gasteiger partial charge in [0.15, 0.2) is 0 Å². The van der Waals surface area contributed by atoms with E-state index in [1.807, 2.05) is 18.3 Å². The average molecular weight is 220 g/mol. The van der Waals surface area contributed by atoms with Gasteiger partial charge >= 0.3 is 0 Å². The van der Waals surface area contributed by atoms with Crippen molar-refractivity contribution >= 4 is 0 Å². The smallest absolute Gasteiger partial charge is 0.0624 e. The maximum atomic E-state index is 10.2. The van der Waals surface area contributed by atoms with Crippen LogP contribution < -0.4 is 5.73 Å². The molecule has 2 rings (SSSR count). The Kier molecular flexibility index (Phi) is 3.91. The summed E-state index contributed by atoms with van der Waals surface area (Å²) in [6.07, 6.45) is 7.97. The van der Waals surface area contributed by atoms with Crippen molar-refractivity contribution in [3.63, 3.8) is 0 Å². The van der Waals surface area contributed by atoms with Crippen LogP contribution in [-0.2, 0) is 0 Å². The summed E-state index contributed by atoms with van der Waals surface area (Å²) in [7, 11) is 0. The van der Waals surface area contributed by atoms with Crippen LogP contribution in [0, 0.1) is 5.92 Å². The molecule has 88 valence electrons. The Morgan fingerprint density at radius 2 is 2.31 bits per heavy atom. The number of hydrogen-bond donors (Lipinski definition) is 2. The minimum absolute atomic E-state index is 0.0364. The molecular formula is C13H20N2O. The molecule has 0 spiro atoms. The summed E-state index contributed by atoms with van der Waals surface area (Å²) in [6, 6.07) is 3.89. The summed E-state index contributed by atoms with van der Waals surface area (Å²) in [4.78, 5) is 4.08. The second kappa shape index (κ2) is 5.41. The molecule has 1 aliphatic carbocycles. The van der Waals surface area contributed by atoms with E-state index >= 15 is 0 Å². The summed E-state index contributed by atoms with van der Waals surface area (Å²) in [5.74, 6) is 0.745. The van der Waals surface area contributed by atoms with Gasteiger partial charge in [0.25, 0.3) is 0 Å². The van der Waals surface area contributed by atoms with Gasteiger partial charge in [0.2, 0.25) is 0 Å². The number of aliphatic hydroxyl groups is 1. The third kappa shape index (κ3) is 2.60. The van der Waals surface area contributed by atoms with E-state index in [-0.39, 0.29) is 12.0 Å². The van der Waals surface area contributed by atoms with E-state index in [2.05, 4.69) is 4.98 Å². The Bertz CT molecular complexity index is 311. The molecule has 1 aliphatic rings. The second-order valence-corrected chi connectivity index (χ2v) is 4.73. The summed E-state index contributed by atoms with van der Waals surface area (Å²) < 4.78 is 0. The molecule has 0 aromatic carbocycles. The molecule has 0 bridgehead atoms. The number of rotatable bonds is 5. The first-order chi connectivity index (χ1) is 7.81. The standard InChI is InChI=1S/C13H20N2O/c14-8-12(11-5-2-6-15-9-11)13(16)7-10-3-1-4-10/h2,5-6,9-10,12-13,16H,1,3-4,7-8,14H2. The maximum absolute atomic E-state index is 10.2. The van der Waals surface area contributed by atoms with Gasteiger partial charge in [0, 0.05) is 24.9 Å². The predicted octanol–water partition coefficient (Wildman–Crippen LogP) is 1.68. The van der Waals surface area contributed by atoms with Crippen LogP contribution in [0.4, 0.5) is 0 Å². The summed E-state index contributed by atoms with van der Waals surface area (Å²) >= 11 is 0. The fraction of sp³-hybridized carbons (Fsp3) is 0.615. The second-order valence-electron chi connectivity index (χ2n) is 4.73. The van der Waals surface area contributed by atoms with Gasteiger partial charge in [-0.05, 0) is 24.0 Å². The van der Waals surface area contributed by atoms with Crippen molar-refractivity contribution < 1.29 is 5.11 Å². The monoisotopic (exact) mass is 220 g/mol. The summed E-state index contributed by atoms with van der Waals surface area (Å²) in [5.41, 5.74) is 6.81. The van der Waals surface area contributed by atoms with Gasteiger partial charge in [0.1, 0.15) is 0 Å². The molecule has 16 heavy (non-hydrogen) atoms. The Labute approximate surface area is 96.7 Å². The number of nitrogens with zero attached hydrogens (tertiary/aromatic N) is 1. The highest BCUT2D eigenvalue weighted by Gasteiger charge is 2.26. The fourth-order valence-electron chi connectivity index (χ4n) is 2.34. The number of aliphatic hydroxyl groups excluding tert-OH is 1. The third-order valence-corrected chi connectivity index (χ3v) is 3.63. The molecule has 3 N–H and O–H groups in total. The lowest BCUT2D eigenvalue weighted by Crippen LogP contribution is -2.29. The molecule has 2 unspecified atom stereocenters. The number of hydrogen-bond acceptors (Lipinski definition) is 3. The van der Waals surface area contributed by atoms with E-state index in [0.717, 1.165) is 12.0 Å². The molecule has 0 saturated heterocycles. The van der Waals surface area contributed by atoms with Gasteiger partial charge in [-0.3, -0.25) is 4.98 Å². The zero-order chi connectivity index (χ0) is 11.4. The van der Waals surface area contributed by atoms with Gasteiger partial charge < -0.3 is 10.8 Å². The van der Waals surface area contributed by atoms with Crippen LogP contribution in [0.1, 0.15) is 37.2 Å². The van der Waals surface area contributed by atoms with Crippen LogP contribution in [0.15, 0.2) is 24.5 Å². The molecule has 1 aromatic rings. The molecule has 2 atom stereocenters. The number of pyridine rings is 1. The third-order valence-electron chi connectivity index (χ3n) is 3.63. The number of aromatic nitrogens is 1. The maximum Gasteiger partial charge on any atom is 0.0624 e. The Morgan fingerprint density at radius 3 is 2.81 bits per heavy atom. The van der Waals surface area contributed by atoms with Gasteiger partial charge in [-0.1, -0.05) is 25.3 Å². The van der Waals surface area contributed by atoms with Gasteiger partial charge in [-0.25, -0.2) is 0 Å². The van der Waals surface area contributed by atoms with E-state index in [0.29, 0.717) is 12.5 Å². The first-order valence-corrected chi connectivity index (χ1v) is 6.09. The van der Waals surface area contributed by atoms with Crippen LogP contribution in [0.5, 0.6) is 0 Å². The zero-order valence-corrected chi connectivity index (χ0v) is 9.55. The van der Waals surface area contributed by atoms with Crippen molar-refractivity contribution in [3.8, 4) is 0 Å². The lowest BCUT2D eigenvalue weighted by molar-refractivity contribution is 0.0950. The van der Waals surface area contributed by atoms with Crippen LogP contribution in [0.25, 0.3) is 0 Å². The largest absolute Gasteiger partial charge is 0.392 e. The van der Waals surface area contributed by atoms with Crippen LogP contribution in [0.2, 0.25) is 0 Å². The van der Waals surface area contributed by atoms with Crippen molar-refractivity contribution in [2.24, 2.45) is 11.7 Å². The molecule has 0 aliphatic heterocycles. The zero-order valence-electron chi connectivity index (χ0n) is 9.55. The molecular weight excluding hydrogens is 200 g/mol. The molecule has 3 heteroatoms. The van der Waals surface area contributed by atoms with Gasteiger partial charge in [0.05, 0.1) is 6.10 Å². The molecule has 1 aromatic heterocycles. The van der Waals surface area contributed by atoms with Crippen LogP contribution in [-0.4, -0.2) is 22.7 Å². The van der Waals surface area contributed by atoms with E-state index in [4.69, 9.17) is 5.73 Å². The van der Waals surface area contributed by atoms with Gasteiger partial charge in [-0.2, -0.15) is 0 Å². The topological polar surface area (TPSA) is 59.1 Å². The number of nitrogens with two attached hydrogens (primary N) is 1. The van der Waals surface area contributed by atoms with Crippen molar-refractivity contribution in [2.75, 3.05) is 6.54 Å². The first kappa shape index (κ1) is 11.6. The Hall–Kier alpha value is -0.930. The minimum atomic E-state index is -0.320. The first-order valence-electron chi connectivity index (χ1n) is 6.09.